The standard InChI is InChI=1S/C24H18Cl2N2O2/c1-14-3-11-19(12-4-14)28-23(29)21(16-6-8-17(25)9-7-16)22(24(28)30)27-18-10-5-15(2)20(26)13-18/h3-13,27H,1-2H3. The van der Waals surface area contributed by atoms with E-state index in [4.69, 9.17) is 23.2 Å². The van der Waals surface area contributed by atoms with Crippen LogP contribution in [0.2, 0.25) is 10.0 Å². The number of hydrogen-bond donors (Lipinski definition) is 1. The number of amides is 2. The van der Waals surface area contributed by atoms with Crippen molar-refractivity contribution >= 4 is 52.0 Å². The minimum Gasteiger partial charge on any atom is -0.350 e. The Hall–Kier alpha value is -3.08. The minimum atomic E-state index is -0.425. The minimum absolute atomic E-state index is 0.197. The van der Waals surface area contributed by atoms with Gasteiger partial charge in [0.05, 0.1) is 11.3 Å². The van der Waals surface area contributed by atoms with E-state index < -0.39 is 11.8 Å². The largest absolute Gasteiger partial charge is 0.350 e. The quantitative estimate of drug-likeness (QED) is 0.509. The fourth-order valence-electron chi connectivity index (χ4n) is 3.27. The number of rotatable bonds is 4. The topological polar surface area (TPSA) is 49.4 Å². The molecule has 0 saturated heterocycles. The first kappa shape index (κ1) is 20.2. The van der Waals surface area contributed by atoms with Crippen LogP contribution in [-0.4, -0.2) is 11.8 Å². The molecule has 3 aromatic rings. The molecule has 2 amide bonds. The van der Waals surface area contributed by atoms with Crippen molar-refractivity contribution in [1.82, 2.24) is 0 Å². The lowest BCUT2D eigenvalue weighted by atomic mass is 10.0. The highest BCUT2D eigenvalue weighted by Crippen LogP contribution is 2.34. The van der Waals surface area contributed by atoms with E-state index in [1.807, 2.05) is 38.1 Å². The van der Waals surface area contributed by atoms with E-state index in [1.54, 1.807) is 42.5 Å². The average molecular weight is 437 g/mol. The molecule has 6 heteroatoms. The smallest absolute Gasteiger partial charge is 0.282 e. The van der Waals surface area contributed by atoms with Gasteiger partial charge in [0.15, 0.2) is 0 Å². The van der Waals surface area contributed by atoms with Crippen molar-refractivity contribution in [3.8, 4) is 0 Å². The lowest BCUT2D eigenvalue weighted by Crippen LogP contribution is -2.32. The molecule has 0 aliphatic carbocycles. The zero-order valence-electron chi connectivity index (χ0n) is 16.4. The summed E-state index contributed by atoms with van der Waals surface area (Å²) in [6.45, 7) is 3.84. The van der Waals surface area contributed by atoms with Crippen molar-refractivity contribution in [2.75, 3.05) is 10.2 Å². The maximum absolute atomic E-state index is 13.4. The number of nitrogens with zero attached hydrogens (tertiary/aromatic N) is 1. The van der Waals surface area contributed by atoms with E-state index in [2.05, 4.69) is 5.32 Å². The first-order valence-electron chi connectivity index (χ1n) is 9.34. The van der Waals surface area contributed by atoms with Gasteiger partial charge in [0.2, 0.25) is 0 Å². The van der Waals surface area contributed by atoms with Crippen molar-refractivity contribution in [3.05, 3.63) is 99.2 Å². The fraction of sp³-hybridized carbons (Fsp3) is 0.0833. The van der Waals surface area contributed by atoms with E-state index in [-0.39, 0.29) is 11.3 Å². The molecule has 0 unspecified atom stereocenters. The third-order valence-electron chi connectivity index (χ3n) is 4.95. The first-order chi connectivity index (χ1) is 14.3. The molecule has 4 nitrogen and oxygen atoms in total. The summed E-state index contributed by atoms with van der Waals surface area (Å²) >= 11 is 12.3. The third-order valence-corrected chi connectivity index (χ3v) is 5.61. The van der Waals surface area contributed by atoms with Crippen LogP contribution in [0, 0.1) is 13.8 Å². The molecule has 1 aliphatic heterocycles. The maximum atomic E-state index is 13.4. The van der Waals surface area contributed by atoms with Gasteiger partial charge in [-0.15, -0.1) is 0 Å². The monoisotopic (exact) mass is 436 g/mol. The van der Waals surface area contributed by atoms with Gasteiger partial charge in [0, 0.05) is 15.7 Å². The summed E-state index contributed by atoms with van der Waals surface area (Å²) in [5.74, 6) is -0.822. The van der Waals surface area contributed by atoms with Crippen LogP contribution in [0.5, 0.6) is 0 Å². The molecule has 30 heavy (non-hydrogen) atoms. The molecule has 1 heterocycles. The van der Waals surface area contributed by atoms with Crippen molar-refractivity contribution in [2.24, 2.45) is 0 Å². The normalized spacial score (nSPS) is 13.9. The second kappa shape index (κ2) is 7.98. The molecule has 150 valence electrons. The zero-order chi connectivity index (χ0) is 21.4. The summed E-state index contributed by atoms with van der Waals surface area (Å²) in [6, 6.07) is 19.5. The van der Waals surface area contributed by atoms with Crippen LogP contribution in [0.4, 0.5) is 11.4 Å². The molecule has 0 radical (unpaired) electrons. The number of nitrogens with one attached hydrogen (secondary N) is 1. The van der Waals surface area contributed by atoms with Crippen LogP contribution in [0.15, 0.2) is 72.4 Å². The third kappa shape index (κ3) is 3.72. The highest BCUT2D eigenvalue weighted by Gasteiger charge is 2.40. The van der Waals surface area contributed by atoms with E-state index in [0.717, 1.165) is 11.1 Å². The average Bonchev–Trinajstić information content (AvgIpc) is 2.96. The number of carbonyl (C=O) groups excluding carboxylic acids is 2. The van der Waals surface area contributed by atoms with Gasteiger partial charge in [0.1, 0.15) is 5.70 Å². The van der Waals surface area contributed by atoms with E-state index >= 15 is 0 Å². The predicted octanol–water partition coefficient (Wildman–Crippen LogP) is 6.01. The van der Waals surface area contributed by atoms with E-state index in [9.17, 15) is 9.59 Å². The Kier molecular flexibility index (Phi) is 5.37. The van der Waals surface area contributed by atoms with Crippen LogP contribution in [-0.2, 0) is 9.59 Å². The molecular weight excluding hydrogens is 419 g/mol. The molecule has 4 rings (SSSR count). The van der Waals surface area contributed by atoms with E-state index in [1.165, 1.54) is 4.90 Å². The zero-order valence-corrected chi connectivity index (χ0v) is 17.9. The lowest BCUT2D eigenvalue weighted by Gasteiger charge is -2.15. The molecule has 3 aromatic carbocycles. The predicted molar refractivity (Wildman–Crippen MR) is 122 cm³/mol. The Morgan fingerprint density at radius 3 is 2.10 bits per heavy atom. The molecule has 1 N–H and O–H groups in total. The van der Waals surface area contributed by atoms with Crippen molar-refractivity contribution in [1.29, 1.82) is 0 Å². The second-order valence-corrected chi connectivity index (χ2v) is 7.97. The highest BCUT2D eigenvalue weighted by molar-refractivity contribution is 6.46. The van der Waals surface area contributed by atoms with Gasteiger partial charge in [-0.25, -0.2) is 4.90 Å². The fourth-order valence-corrected chi connectivity index (χ4v) is 3.58. The Labute approximate surface area is 184 Å². The van der Waals surface area contributed by atoms with E-state index in [0.29, 0.717) is 27.0 Å². The van der Waals surface area contributed by atoms with Crippen molar-refractivity contribution in [3.63, 3.8) is 0 Å². The Bertz CT molecular complexity index is 1180. The molecular formula is C24H18Cl2N2O2. The van der Waals surface area contributed by atoms with Gasteiger partial charge < -0.3 is 5.32 Å². The molecule has 0 atom stereocenters. The number of halogens is 2. The summed E-state index contributed by atoms with van der Waals surface area (Å²) in [4.78, 5) is 27.9. The lowest BCUT2D eigenvalue weighted by molar-refractivity contribution is -0.120. The number of hydrogen-bond acceptors (Lipinski definition) is 3. The first-order valence-corrected chi connectivity index (χ1v) is 10.1. The molecule has 0 saturated carbocycles. The van der Waals surface area contributed by atoms with Crippen LogP contribution in [0.3, 0.4) is 0 Å². The Morgan fingerprint density at radius 1 is 0.800 bits per heavy atom. The Balaban J connectivity index is 1.82. The summed E-state index contributed by atoms with van der Waals surface area (Å²) in [6.07, 6.45) is 0. The number of benzene rings is 3. The van der Waals surface area contributed by atoms with Crippen molar-refractivity contribution < 1.29 is 9.59 Å². The molecule has 0 aromatic heterocycles. The van der Waals surface area contributed by atoms with Crippen molar-refractivity contribution in [2.45, 2.75) is 13.8 Å². The van der Waals surface area contributed by atoms with Gasteiger partial charge in [-0.1, -0.05) is 59.1 Å². The summed E-state index contributed by atoms with van der Waals surface area (Å²) in [7, 11) is 0. The molecule has 1 aliphatic rings. The maximum Gasteiger partial charge on any atom is 0.282 e. The van der Waals surface area contributed by atoms with Crippen LogP contribution in [0.1, 0.15) is 16.7 Å². The molecule has 0 spiro atoms. The highest BCUT2D eigenvalue weighted by atomic mass is 35.5. The number of anilines is 2. The SMILES string of the molecule is Cc1ccc(N2C(=O)C(Nc3ccc(C)c(Cl)c3)=C(c3ccc(Cl)cc3)C2=O)cc1. The van der Waals surface area contributed by atoms with Gasteiger partial charge in [0.25, 0.3) is 11.8 Å². The summed E-state index contributed by atoms with van der Waals surface area (Å²) < 4.78 is 0. The summed E-state index contributed by atoms with van der Waals surface area (Å²) in [5.41, 5.74) is 4.19. The van der Waals surface area contributed by atoms with Gasteiger partial charge in [-0.3, -0.25) is 9.59 Å². The molecule has 0 bridgehead atoms. The molecule has 0 fully saturated rings. The van der Waals surface area contributed by atoms with Crippen LogP contribution >= 0.6 is 23.2 Å². The second-order valence-electron chi connectivity index (χ2n) is 7.13. The number of aryl methyl sites for hydroxylation is 2. The number of carbonyl (C=O) groups is 2. The van der Waals surface area contributed by atoms with Gasteiger partial charge in [-0.2, -0.15) is 0 Å². The van der Waals surface area contributed by atoms with Crippen LogP contribution in [0.25, 0.3) is 5.57 Å². The summed E-state index contributed by atoms with van der Waals surface area (Å²) in [5, 5.41) is 4.23. The van der Waals surface area contributed by atoms with Gasteiger partial charge >= 0.3 is 0 Å². The Morgan fingerprint density at radius 2 is 1.47 bits per heavy atom. The van der Waals surface area contributed by atoms with Gasteiger partial charge in [-0.05, 0) is 61.4 Å². The van der Waals surface area contributed by atoms with Crippen LogP contribution < -0.4 is 10.2 Å². The number of imide groups is 1.